The molecule has 1 aromatic carbocycles. The summed E-state index contributed by atoms with van der Waals surface area (Å²) in [7, 11) is 0. The highest BCUT2D eigenvalue weighted by molar-refractivity contribution is 6.17. The first-order valence-corrected chi connectivity index (χ1v) is 4.63. The number of rotatable bonds is 1. The summed E-state index contributed by atoms with van der Waals surface area (Å²) in [6, 6.07) is 2.99. The Hall–Kier alpha value is -0.700. The lowest BCUT2D eigenvalue weighted by molar-refractivity contribution is -0.138. The molecule has 0 nitrogen and oxygen atoms in total. The molecule has 0 aromatic heterocycles. The number of hydrogen-bond acceptors (Lipinski definition) is 0. The van der Waals surface area contributed by atoms with E-state index in [1.807, 2.05) is 0 Å². The zero-order valence-electron chi connectivity index (χ0n) is 7.87. The van der Waals surface area contributed by atoms with Gasteiger partial charge in [0.15, 0.2) is 0 Å². The molecule has 0 unspecified atom stereocenters. The number of halogens is 4. The van der Waals surface area contributed by atoms with Gasteiger partial charge in [0.2, 0.25) is 0 Å². The van der Waals surface area contributed by atoms with Crippen LogP contribution < -0.4 is 0 Å². The molecule has 0 atom stereocenters. The van der Waals surface area contributed by atoms with Crippen molar-refractivity contribution in [1.29, 1.82) is 0 Å². The molecule has 0 fully saturated rings. The van der Waals surface area contributed by atoms with Crippen molar-refractivity contribution in [2.24, 2.45) is 0 Å². The summed E-state index contributed by atoms with van der Waals surface area (Å²) in [5.41, 5.74) is 0.578. The van der Waals surface area contributed by atoms with E-state index >= 15 is 0 Å². The molecule has 1 aromatic rings. The number of alkyl halides is 4. The highest BCUT2D eigenvalue weighted by Crippen LogP contribution is 2.35. The number of aryl methyl sites for hydroxylation is 2. The standard InChI is InChI=1S/C10H10ClF3/c1-6-3-7(2)9(10(12,13)14)8(4-6)5-11/h3-4H,5H2,1-2H3. The van der Waals surface area contributed by atoms with E-state index in [0.29, 0.717) is 0 Å². The van der Waals surface area contributed by atoms with Crippen molar-refractivity contribution >= 4 is 11.6 Å². The fourth-order valence-electron chi connectivity index (χ4n) is 1.57. The van der Waals surface area contributed by atoms with Gasteiger partial charge in [0.1, 0.15) is 0 Å². The molecule has 1 rings (SSSR count). The lowest BCUT2D eigenvalue weighted by Gasteiger charge is -2.15. The normalized spacial score (nSPS) is 11.9. The summed E-state index contributed by atoms with van der Waals surface area (Å²) in [4.78, 5) is 0. The monoisotopic (exact) mass is 222 g/mol. The molecular weight excluding hydrogens is 213 g/mol. The Morgan fingerprint density at radius 1 is 1.21 bits per heavy atom. The fraction of sp³-hybridized carbons (Fsp3) is 0.400. The fourth-order valence-corrected chi connectivity index (χ4v) is 1.78. The summed E-state index contributed by atoms with van der Waals surface area (Å²) in [6.45, 7) is 3.20. The van der Waals surface area contributed by atoms with Crippen LogP contribution in [-0.4, -0.2) is 0 Å². The first-order valence-electron chi connectivity index (χ1n) is 4.09. The summed E-state index contributed by atoms with van der Waals surface area (Å²) in [6.07, 6.45) is -4.32. The van der Waals surface area contributed by atoms with E-state index in [0.717, 1.165) is 5.56 Å². The van der Waals surface area contributed by atoms with Gasteiger partial charge in [0.05, 0.1) is 5.56 Å². The van der Waals surface area contributed by atoms with Gasteiger partial charge < -0.3 is 0 Å². The number of hydrogen-bond donors (Lipinski definition) is 0. The van der Waals surface area contributed by atoms with Crippen molar-refractivity contribution < 1.29 is 13.2 Å². The van der Waals surface area contributed by atoms with E-state index in [2.05, 4.69) is 0 Å². The van der Waals surface area contributed by atoms with Gasteiger partial charge >= 0.3 is 6.18 Å². The molecule has 0 radical (unpaired) electrons. The molecule has 0 N–H and O–H groups in total. The highest BCUT2D eigenvalue weighted by atomic mass is 35.5. The van der Waals surface area contributed by atoms with E-state index in [9.17, 15) is 13.2 Å². The average Bonchev–Trinajstić information content (AvgIpc) is 1.99. The van der Waals surface area contributed by atoms with Crippen LogP contribution in [0.3, 0.4) is 0 Å². The molecule has 0 spiro atoms. The molecule has 0 saturated carbocycles. The van der Waals surface area contributed by atoms with E-state index < -0.39 is 11.7 Å². The third kappa shape index (κ3) is 2.21. The van der Waals surface area contributed by atoms with Gasteiger partial charge in [0, 0.05) is 5.88 Å². The van der Waals surface area contributed by atoms with Crippen LogP contribution in [0.15, 0.2) is 12.1 Å². The van der Waals surface area contributed by atoms with E-state index in [-0.39, 0.29) is 17.0 Å². The minimum atomic E-state index is -4.32. The van der Waals surface area contributed by atoms with Crippen molar-refractivity contribution in [3.63, 3.8) is 0 Å². The molecule has 78 valence electrons. The lowest BCUT2D eigenvalue weighted by Crippen LogP contribution is -2.11. The van der Waals surface area contributed by atoms with Crippen LogP contribution in [0.2, 0.25) is 0 Å². The van der Waals surface area contributed by atoms with Crippen LogP contribution >= 0.6 is 11.6 Å². The largest absolute Gasteiger partial charge is 0.416 e. The molecule has 4 heteroatoms. The lowest BCUT2D eigenvalue weighted by atomic mass is 9.99. The molecule has 0 amide bonds. The average molecular weight is 223 g/mol. The Balaban J connectivity index is 3.40. The zero-order valence-corrected chi connectivity index (χ0v) is 8.63. The van der Waals surface area contributed by atoms with E-state index in [4.69, 9.17) is 11.6 Å². The molecule has 0 aliphatic carbocycles. The minimum absolute atomic E-state index is 0.114. The van der Waals surface area contributed by atoms with Gasteiger partial charge in [-0.3, -0.25) is 0 Å². The Kier molecular flexibility index (Phi) is 3.10. The van der Waals surface area contributed by atoms with Crippen LogP contribution in [0.25, 0.3) is 0 Å². The predicted octanol–water partition coefficient (Wildman–Crippen LogP) is 4.06. The highest BCUT2D eigenvalue weighted by Gasteiger charge is 2.34. The molecule has 0 bridgehead atoms. The second-order valence-electron chi connectivity index (χ2n) is 3.25. The molecule has 0 saturated heterocycles. The van der Waals surface area contributed by atoms with Gasteiger partial charge in [-0.15, -0.1) is 11.6 Å². The van der Waals surface area contributed by atoms with Crippen molar-refractivity contribution in [2.45, 2.75) is 25.9 Å². The maximum Gasteiger partial charge on any atom is 0.416 e. The maximum atomic E-state index is 12.6. The first-order chi connectivity index (χ1) is 6.36. The maximum absolute atomic E-state index is 12.6. The van der Waals surface area contributed by atoms with Crippen molar-refractivity contribution in [2.75, 3.05) is 0 Å². The van der Waals surface area contributed by atoms with E-state index in [1.54, 1.807) is 6.92 Å². The first kappa shape index (κ1) is 11.4. The van der Waals surface area contributed by atoms with Gasteiger partial charge in [-0.25, -0.2) is 0 Å². The SMILES string of the molecule is Cc1cc(C)c(C(F)(F)F)c(CCl)c1. The second kappa shape index (κ2) is 3.81. The Bertz CT molecular complexity index is 342. The van der Waals surface area contributed by atoms with Crippen LogP contribution in [0.1, 0.15) is 22.3 Å². The van der Waals surface area contributed by atoms with Gasteiger partial charge in [-0.05, 0) is 25.0 Å². The molecule has 0 heterocycles. The summed E-state index contributed by atoms with van der Waals surface area (Å²) >= 11 is 5.48. The van der Waals surface area contributed by atoms with Gasteiger partial charge in [-0.2, -0.15) is 13.2 Å². The predicted molar refractivity (Wildman–Crippen MR) is 50.5 cm³/mol. The quantitative estimate of drug-likeness (QED) is 0.629. The van der Waals surface area contributed by atoms with Crippen LogP contribution in [0, 0.1) is 13.8 Å². The van der Waals surface area contributed by atoms with Crippen molar-refractivity contribution in [1.82, 2.24) is 0 Å². The second-order valence-corrected chi connectivity index (χ2v) is 3.51. The number of benzene rings is 1. The Morgan fingerprint density at radius 3 is 2.21 bits per heavy atom. The van der Waals surface area contributed by atoms with Gasteiger partial charge in [0.25, 0.3) is 0 Å². The zero-order chi connectivity index (χ0) is 10.9. The molecular formula is C10H10ClF3. The third-order valence-electron chi connectivity index (χ3n) is 1.99. The van der Waals surface area contributed by atoms with E-state index in [1.165, 1.54) is 19.1 Å². The summed E-state index contributed by atoms with van der Waals surface area (Å²) in [5, 5.41) is 0. The Morgan fingerprint density at radius 2 is 1.79 bits per heavy atom. The molecule has 0 aliphatic heterocycles. The minimum Gasteiger partial charge on any atom is -0.166 e. The molecule has 0 aliphatic rings. The van der Waals surface area contributed by atoms with Crippen LogP contribution in [0.5, 0.6) is 0 Å². The van der Waals surface area contributed by atoms with Gasteiger partial charge in [-0.1, -0.05) is 17.7 Å². The van der Waals surface area contributed by atoms with Crippen molar-refractivity contribution in [3.05, 3.63) is 34.4 Å². The van der Waals surface area contributed by atoms with Crippen LogP contribution in [0.4, 0.5) is 13.2 Å². The molecule has 14 heavy (non-hydrogen) atoms. The smallest absolute Gasteiger partial charge is 0.166 e. The summed E-state index contributed by atoms with van der Waals surface area (Å²) in [5.74, 6) is -0.114. The topological polar surface area (TPSA) is 0 Å². The van der Waals surface area contributed by atoms with Crippen LogP contribution in [-0.2, 0) is 12.1 Å². The van der Waals surface area contributed by atoms with Crippen molar-refractivity contribution in [3.8, 4) is 0 Å². The Labute approximate surface area is 85.7 Å². The third-order valence-corrected chi connectivity index (χ3v) is 2.28. The summed E-state index contributed by atoms with van der Waals surface area (Å²) < 4.78 is 37.7.